The maximum absolute atomic E-state index is 11.7. The lowest BCUT2D eigenvalue weighted by Crippen LogP contribution is -2.37. The second-order valence-corrected chi connectivity index (χ2v) is 8.38. The first-order valence-corrected chi connectivity index (χ1v) is 9.04. The summed E-state index contributed by atoms with van der Waals surface area (Å²) < 4.78 is 23.4. The number of amidine groups is 1. The molecule has 0 spiro atoms. The first-order chi connectivity index (χ1) is 9.00. The molecule has 4 nitrogen and oxygen atoms in total. The predicted octanol–water partition coefficient (Wildman–Crippen LogP) is 1.90. The maximum atomic E-state index is 11.7. The molecular formula is C13H16N2O2S2. The molecule has 0 aliphatic carbocycles. The van der Waals surface area contributed by atoms with Crippen molar-refractivity contribution in [3.05, 3.63) is 29.8 Å². The molecule has 2 fully saturated rings. The Morgan fingerprint density at radius 3 is 2.63 bits per heavy atom. The van der Waals surface area contributed by atoms with E-state index in [1.165, 1.54) is 17.3 Å². The van der Waals surface area contributed by atoms with Crippen LogP contribution in [0, 0.1) is 5.41 Å². The molecule has 2 aliphatic rings. The van der Waals surface area contributed by atoms with Crippen LogP contribution < -0.4 is 4.90 Å². The summed E-state index contributed by atoms with van der Waals surface area (Å²) in [5, 5.41) is 8.55. The van der Waals surface area contributed by atoms with E-state index in [0.717, 1.165) is 12.1 Å². The normalized spacial score (nSPS) is 28.7. The SMILES string of the molecule is CCc1ccc(N2C(=N)S[C@@H]3CS(=O)(=O)C[C@H]32)cc1. The van der Waals surface area contributed by atoms with Crippen molar-refractivity contribution in [1.82, 2.24) is 0 Å². The first kappa shape index (κ1) is 13.0. The third kappa shape index (κ3) is 2.27. The predicted molar refractivity (Wildman–Crippen MR) is 79.8 cm³/mol. The van der Waals surface area contributed by atoms with Gasteiger partial charge in [0.2, 0.25) is 0 Å². The number of aryl methyl sites for hydroxylation is 1. The number of nitrogens with one attached hydrogen (secondary N) is 1. The molecule has 1 aromatic carbocycles. The molecule has 2 saturated heterocycles. The Bertz CT molecular complexity index is 610. The Labute approximate surface area is 117 Å². The van der Waals surface area contributed by atoms with Gasteiger partial charge in [0.25, 0.3) is 0 Å². The molecule has 6 heteroatoms. The highest BCUT2D eigenvalue weighted by atomic mass is 32.2. The molecule has 102 valence electrons. The second kappa shape index (κ2) is 4.52. The Kier molecular flexibility index (Phi) is 3.09. The van der Waals surface area contributed by atoms with E-state index in [1.54, 1.807) is 0 Å². The summed E-state index contributed by atoms with van der Waals surface area (Å²) in [5.74, 6) is 0.372. The minimum atomic E-state index is -2.94. The van der Waals surface area contributed by atoms with Crippen molar-refractivity contribution in [1.29, 1.82) is 5.41 Å². The Hall–Kier alpha value is -1.01. The topological polar surface area (TPSA) is 61.2 Å². The fourth-order valence-corrected chi connectivity index (χ4v) is 6.49. The van der Waals surface area contributed by atoms with Gasteiger partial charge in [-0.2, -0.15) is 0 Å². The Morgan fingerprint density at radius 1 is 1.32 bits per heavy atom. The number of rotatable bonds is 2. The van der Waals surface area contributed by atoms with Gasteiger partial charge in [0.1, 0.15) is 0 Å². The van der Waals surface area contributed by atoms with E-state index in [9.17, 15) is 8.42 Å². The van der Waals surface area contributed by atoms with Crippen LogP contribution in [0.1, 0.15) is 12.5 Å². The third-order valence-corrected chi connectivity index (χ3v) is 6.84. The van der Waals surface area contributed by atoms with Crippen LogP contribution in [0.3, 0.4) is 0 Å². The van der Waals surface area contributed by atoms with Gasteiger partial charge in [-0.15, -0.1) is 0 Å². The van der Waals surface area contributed by atoms with Crippen LogP contribution in [0.5, 0.6) is 0 Å². The van der Waals surface area contributed by atoms with Crippen LogP contribution in [0.4, 0.5) is 5.69 Å². The number of thioether (sulfide) groups is 1. The molecular weight excluding hydrogens is 280 g/mol. The van der Waals surface area contributed by atoms with Crippen molar-refractivity contribution in [2.75, 3.05) is 16.4 Å². The Balaban J connectivity index is 1.92. The third-order valence-electron chi connectivity index (χ3n) is 3.71. The largest absolute Gasteiger partial charge is 0.316 e. The fraction of sp³-hybridized carbons (Fsp3) is 0.462. The molecule has 2 atom stereocenters. The molecule has 0 saturated carbocycles. The minimum Gasteiger partial charge on any atom is -0.316 e. The van der Waals surface area contributed by atoms with Crippen LogP contribution in [-0.2, 0) is 16.3 Å². The lowest BCUT2D eigenvalue weighted by Gasteiger charge is -2.24. The molecule has 1 aromatic rings. The average Bonchev–Trinajstić information content (AvgIpc) is 2.79. The number of fused-ring (bicyclic) bond motifs is 1. The summed E-state index contributed by atoms with van der Waals surface area (Å²) >= 11 is 1.38. The average molecular weight is 296 g/mol. The first-order valence-electron chi connectivity index (χ1n) is 6.34. The molecule has 2 aliphatic heterocycles. The van der Waals surface area contributed by atoms with E-state index in [-0.39, 0.29) is 22.8 Å². The molecule has 0 bridgehead atoms. The molecule has 0 aromatic heterocycles. The van der Waals surface area contributed by atoms with Gasteiger partial charge in [0.15, 0.2) is 15.0 Å². The second-order valence-electron chi connectivity index (χ2n) is 5.00. The number of hydrogen-bond donors (Lipinski definition) is 1. The van der Waals surface area contributed by atoms with Gasteiger partial charge < -0.3 is 4.90 Å². The molecule has 0 unspecified atom stereocenters. The van der Waals surface area contributed by atoms with E-state index >= 15 is 0 Å². The summed E-state index contributed by atoms with van der Waals surface area (Å²) in [7, 11) is -2.94. The van der Waals surface area contributed by atoms with Crippen molar-refractivity contribution >= 4 is 32.5 Å². The molecule has 0 amide bonds. The van der Waals surface area contributed by atoms with Crippen LogP contribution in [-0.4, -0.2) is 36.4 Å². The van der Waals surface area contributed by atoms with Gasteiger partial charge in [0.05, 0.1) is 17.5 Å². The van der Waals surface area contributed by atoms with E-state index in [1.807, 2.05) is 29.2 Å². The quantitative estimate of drug-likeness (QED) is 0.905. The smallest absolute Gasteiger partial charge is 0.161 e. The van der Waals surface area contributed by atoms with Crippen LogP contribution in [0.2, 0.25) is 0 Å². The van der Waals surface area contributed by atoms with E-state index in [0.29, 0.717) is 5.17 Å². The van der Waals surface area contributed by atoms with E-state index < -0.39 is 9.84 Å². The summed E-state index contributed by atoms with van der Waals surface area (Å²) in [5.41, 5.74) is 2.18. The standard InChI is InChI=1S/C13H16N2O2S2/c1-2-9-3-5-10(6-4-9)15-11-7-19(16,17)8-12(11)18-13(15)14/h3-6,11-12,14H,2,7-8H2,1H3/t11-,12-/m1/s1. The lowest BCUT2D eigenvalue weighted by atomic mass is 10.1. The summed E-state index contributed by atoms with van der Waals surface area (Å²) in [6.07, 6.45) is 0.979. The van der Waals surface area contributed by atoms with Crippen molar-refractivity contribution in [3.63, 3.8) is 0 Å². The summed E-state index contributed by atoms with van der Waals surface area (Å²) in [4.78, 5) is 1.87. The molecule has 3 rings (SSSR count). The number of sulfone groups is 1. The summed E-state index contributed by atoms with van der Waals surface area (Å²) in [6.45, 7) is 2.10. The zero-order chi connectivity index (χ0) is 13.6. The number of anilines is 1. The Morgan fingerprint density at radius 2 is 2.00 bits per heavy atom. The fourth-order valence-electron chi connectivity index (χ4n) is 2.70. The monoisotopic (exact) mass is 296 g/mol. The zero-order valence-electron chi connectivity index (χ0n) is 10.7. The van der Waals surface area contributed by atoms with Crippen molar-refractivity contribution < 1.29 is 8.42 Å². The minimum absolute atomic E-state index is 0.0170. The molecule has 2 heterocycles. The van der Waals surface area contributed by atoms with Crippen LogP contribution in [0.25, 0.3) is 0 Å². The van der Waals surface area contributed by atoms with E-state index in [4.69, 9.17) is 5.41 Å². The number of nitrogens with zero attached hydrogens (tertiary/aromatic N) is 1. The number of hydrogen-bond acceptors (Lipinski definition) is 4. The lowest BCUT2D eigenvalue weighted by molar-refractivity contribution is 0.601. The van der Waals surface area contributed by atoms with Crippen molar-refractivity contribution in [2.45, 2.75) is 24.6 Å². The van der Waals surface area contributed by atoms with Crippen molar-refractivity contribution in [2.24, 2.45) is 0 Å². The van der Waals surface area contributed by atoms with Gasteiger partial charge in [-0.05, 0) is 24.1 Å². The summed E-state index contributed by atoms with van der Waals surface area (Å²) in [6, 6.07) is 7.99. The van der Waals surface area contributed by atoms with Gasteiger partial charge >= 0.3 is 0 Å². The molecule has 0 radical (unpaired) electrons. The molecule has 1 N–H and O–H groups in total. The van der Waals surface area contributed by atoms with Gasteiger partial charge in [-0.1, -0.05) is 30.8 Å². The van der Waals surface area contributed by atoms with Crippen molar-refractivity contribution in [3.8, 4) is 0 Å². The highest BCUT2D eigenvalue weighted by molar-refractivity contribution is 8.15. The highest BCUT2D eigenvalue weighted by Gasteiger charge is 2.48. The molecule has 19 heavy (non-hydrogen) atoms. The highest BCUT2D eigenvalue weighted by Crippen LogP contribution is 2.40. The maximum Gasteiger partial charge on any atom is 0.161 e. The van der Waals surface area contributed by atoms with Gasteiger partial charge in [-0.25, -0.2) is 8.42 Å². The van der Waals surface area contributed by atoms with Crippen LogP contribution >= 0.6 is 11.8 Å². The van der Waals surface area contributed by atoms with E-state index in [2.05, 4.69) is 6.92 Å². The van der Waals surface area contributed by atoms with Crippen LogP contribution in [0.15, 0.2) is 24.3 Å². The van der Waals surface area contributed by atoms with Gasteiger partial charge in [0, 0.05) is 10.9 Å². The van der Waals surface area contributed by atoms with Gasteiger partial charge in [-0.3, -0.25) is 5.41 Å². The zero-order valence-corrected chi connectivity index (χ0v) is 12.3. The number of benzene rings is 1.